The number of likely N-dealkylation sites (N-methyl/N-ethyl adjacent to an activating group) is 1. The lowest BCUT2D eigenvalue weighted by atomic mass is 10.0. The van der Waals surface area contributed by atoms with E-state index in [-0.39, 0.29) is 11.3 Å². The van der Waals surface area contributed by atoms with Crippen LogP contribution >= 0.6 is 0 Å². The summed E-state index contributed by atoms with van der Waals surface area (Å²) in [5, 5.41) is 0.697. The lowest BCUT2D eigenvalue weighted by Crippen LogP contribution is -2.30. The summed E-state index contributed by atoms with van der Waals surface area (Å²) in [7, 11) is 2.08. The minimum Gasteiger partial charge on any atom is -0.435 e. The lowest BCUT2D eigenvalue weighted by molar-refractivity contribution is -0.0498. The largest absolute Gasteiger partial charge is 0.435 e. The predicted molar refractivity (Wildman–Crippen MR) is 148 cm³/mol. The van der Waals surface area contributed by atoms with Crippen molar-refractivity contribution in [2.24, 2.45) is 0 Å². The van der Waals surface area contributed by atoms with Gasteiger partial charge < -0.3 is 14.2 Å². The number of hydrogen-bond donors (Lipinski definition) is 0. The third kappa shape index (κ3) is 4.26. The molecule has 1 fully saturated rings. The monoisotopic (exact) mass is 543 g/mol. The molecule has 9 nitrogen and oxygen atoms in total. The lowest BCUT2D eigenvalue weighted by Gasteiger charge is -2.23. The van der Waals surface area contributed by atoms with E-state index in [1.54, 1.807) is 18.3 Å². The molecule has 40 heavy (non-hydrogen) atoms. The second-order valence-electron chi connectivity index (χ2n) is 10.3. The van der Waals surface area contributed by atoms with E-state index < -0.39 is 6.61 Å². The van der Waals surface area contributed by atoms with E-state index >= 15 is 0 Å². The zero-order valence-corrected chi connectivity index (χ0v) is 21.9. The van der Waals surface area contributed by atoms with Crippen LogP contribution < -0.4 is 15.2 Å². The highest BCUT2D eigenvalue weighted by molar-refractivity contribution is 5.87. The van der Waals surface area contributed by atoms with Crippen LogP contribution in [0.5, 0.6) is 5.75 Å². The van der Waals surface area contributed by atoms with Gasteiger partial charge in [0.15, 0.2) is 5.65 Å². The van der Waals surface area contributed by atoms with Crippen LogP contribution in [0.1, 0.15) is 18.7 Å². The topological polar surface area (TPSA) is 81.3 Å². The second-order valence-corrected chi connectivity index (χ2v) is 10.3. The molecule has 2 aromatic carbocycles. The van der Waals surface area contributed by atoms with Gasteiger partial charge in [-0.15, -0.1) is 0 Å². The first kappa shape index (κ1) is 24.6. The summed E-state index contributed by atoms with van der Waals surface area (Å²) >= 11 is 0. The van der Waals surface area contributed by atoms with Gasteiger partial charge >= 0.3 is 6.61 Å². The smallest absolute Gasteiger partial charge is 0.387 e. The number of fused-ring (bicyclic) bond motifs is 4. The minimum atomic E-state index is -2.93. The molecule has 0 spiro atoms. The van der Waals surface area contributed by atoms with Crippen molar-refractivity contribution in [1.82, 2.24) is 29.0 Å². The third-order valence-corrected chi connectivity index (χ3v) is 7.69. The number of hydrogen-bond acceptors (Lipinski definition) is 7. The third-order valence-electron chi connectivity index (χ3n) is 7.69. The van der Waals surface area contributed by atoms with E-state index in [0.717, 1.165) is 68.0 Å². The predicted octanol–water partition coefficient (Wildman–Crippen LogP) is 4.44. The van der Waals surface area contributed by atoms with Gasteiger partial charge in [-0.3, -0.25) is 14.3 Å². The number of halogens is 2. The molecule has 3 aromatic heterocycles. The van der Waals surface area contributed by atoms with E-state index in [4.69, 9.17) is 9.97 Å². The fourth-order valence-electron chi connectivity index (χ4n) is 5.68. The molecule has 11 heteroatoms. The van der Waals surface area contributed by atoms with Crippen LogP contribution in [0.25, 0.3) is 38.9 Å². The molecule has 0 bridgehead atoms. The standard InChI is InChI=1S/C29H27F2N7O2/c1-35-12-13-37-24-15-18(4-9-23(24)33-25(37)17-35)22-14-19-16-32-29(36-10-2-3-11-36)34-26(19)38(27(22)39)20-5-7-21(8-6-20)40-28(30)31/h4-9,14-16,28H,2-3,10-13,17H2,1H3. The fourth-order valence-corrected chi connectivity index (χ4v) is 5.68. The summed E-state index contributed by atoms with van der Waals surface area (Å²) in [4.78, 5) is 32.8. The van der Waals surface area contributed by atoms with Crippen LogP contribution in [0.2, 0.25) is 0 Å². The quantitative estimate of drug-likeness (QED) is 0.324. The first-order valence-corrected chi connectivity index (χ1v) is 13.4. The van der Waals surface area contributed by atoms with Crippen molar-refractivity contribution < 1.29 is 13.5 Å². The molecular weight excluding hydrogens is 516 g/mol. The Morgan fingerprint density at radius 1 is 0.950 bits per heavy atom. The number of ether oxygens (including phenoxy) is 1. The first-order valence-electron chi connectivity index (χ1n) is 13.4. The number of nitrogens with zero attached hydrogens (tertiary/aromatic N) is 7. The molecule has 0 N–H and O–H groups in total. The number of alkyl halides is 2. The maximum Gasteiger partial charge on any atom is 0.387 e. The van der Waals surface area contributed by atoms with Gasteiger partial charge in [-0.05, 0) is 67.9 Å². The summed E-state index contributed by atoms with van der Waals surface area (Å²) in [5.41, 5.74) is 3.82. The fraction of sp³-hybridized carbons (Fsp3) is 0.310. The molecule has 204 valence electrons. The zero-order chi connectivity index (χ0) is 27.4. The van der Waals surface area contributed by atoms with Crippen molar-refractivity contribution in [3.05, 3.63) is 70.9 Å². The summed E-state index contributed by atoms with van der Waals surface area (Å²) in [5.74, 6) is 1.59. The normalized spacial score (nSPS) is 15.8. The van der Waals surface area contributed by atoms with Gasteiger partial charge in [0, 0.05) is 43.3 Å². The number of imidazole rings is 1. The van der Waals surface area contributed by atoms with E-state index in [0.29, 0.717) is 28.2 Å². The molecule has 1 saturated heterocycles. The number of pyridine rings is 1. The Balaban J connectivity index is 1.41. The molecule has 0 radical (unpaired) electrons. The Morgan fingerprint density at radius 2 is 1.75 bits per heavy atom. The minimum absolute atomic E-state index is 0.0150. The average molecular weight is 544 g/mol. The Hall–Kier alpha value is -4.38. The van der Waals surface area contributed by atoms with Gasteiger partial charge in [0.1, 0.15) is 11.6 Å². The molecule has 0 amide bonds. The van der Waals surface area contributed by atoms with Crippen LogP contribution in [-0.4, -0.2) is 62.3 Å². The van der Waals surface area contributed by atoms with Crippen LogP contribution in [0.4, 0.5) is 14.7 Å². The van der Waals surface area contributed by atoms with Gasteiger partial charge in [0.2, 0.25) is 5.95 Å². The molecule has 7 rings (SSSR count). The number of aromatic nitrogens is 5. The van der Waals surface area contributed by atoms with Gasteiger partial charge in [-0.1, -0.05) is 6.07 Å². The number of benzene rings is 2. The summed E-state index contributed by atoms with van der Waals surface area (Å²) in [6.07, 6.45) is 3.88. The van der Waals surface area contributed by atoms with Crippen molar-refractivity contribution in [1.29, 1.82) is 0 Å². The summed E-state index contributed by atoms with van der Waals surface area (Å²) < 4.78 is 33.8. The maximum absolute atomic E-state index is 14.2. The molecule has 0 atom stereocenters. The van der Waals surface area contributed by atoms with Gasteiger partial charge in [0.05, 0.1) is 23.3 Å². The average Bonchev–Trinajstić information content (AvgIpc) is 3.60. The van der Waals surface area contributed by atoms with Gasteiger partial charge in [-0.25, -0.2) is 9.97 Å². The Kier molecular flexibility index (Phi) is 5.96. The molecule has 0 unspecified atom stereocenters. The Labute approximate surface area is 228 Å². The van der Waals surface area contributed by atoms with E-state index in [1.807, 2.05) is 24.3 Å². The van der Waals surface area contributed by atoms with Crippen molar-refractivity contribution in [2.45, 2.75) is 32.5 Å². The highest BCUT2D eigenvalue weighted by atomic mass is 19.3. The van der Waals surface area contributed by atoms with Gasteiger partial charge in [0.25, 0.3) is 5.56 Å². The van der Waals surface area contributed by atoms with E-state index in [2.05, 4.69) is 31.1 Å². The molecule has 5 aromatic rings. The number of anilines is 1. The van der Waals surface area contributed by atoms with E-state index in [9.17, 15) is 13.6 Å². The molecule has 2 aliphatic rings. The van der Waals surface area contributed by atoms with Crippen molar-refractivity contribution in [2.75, 3.05) is 31.6 Å². The zero-order valence-electron chi connectivity index (χ0n) is 21.9. The van der Waals surface area contributed by atoms with Crippen molar-refractivity contribution >= 4 is 28.0 Å². The molecule has 0 saturated carbocycles. The first-order chi connectivity index (χ1) is 19.4. The van der Waals surface area contributed by atoms with Crippen molar-refractivity contribution in [3.63, 3.8) is 0 Å². The highest BCUT2D eigenvalue weighted by Gasteiger charge is 2.21. The molecule has 0 aliphatic carbocycles. The maximum atomic E-state index is 14.2. The summed E-state index contributed by atoms with van der Waals surface area (Å²) in [6, 6.07) is 13.7. The molecular formula is C29H27F2N7O2. The Bertz CT molecular complexity index is 1790. The Morgan fingerprint density at radius 3 is 2.52 bits per heavy atom. The van der Waals surface area contributed by atoms with Gasteiger partial charge in [-0.2, -0.15) is 13.8 Å². The molecule has 5 heterocycles. The van der Waals surface area contributed by atoms with E-state index in [1.165, 1.54) is 16.7 Å². The SMILES string of the molecule is CN1CCn2c(nc3ccc(-c4cc5cnc(N6CCCC6)nc5n(-c5ccc(OC(F)F)cc5)c4=O)cc32)C1. The summed E-state index contributed by atoms with van der Waals surface area (Å²) in [6.45, 7) is 1.31. The highest BCUT2D eigenvalue weighted by Crippen LogP contribution is 2.29. The van der Waals surface area contributed by atoms with Crippen LogP contribution in [0.15, 0.2) is 59.5 Å². The van der Waals surface area contributed by atoms with Crippen LogP contribution in [0.3, 0.4) is 0 Å². The molecule has 2 aliphatic heterocycles. The van der Waals surface area contributed by atoms with Crippen molar-refractivity contribution in [3.8, 4) is 22.6 Å². The van der Waals surface area contributed by atoms with Crippen LogP contribution in [0, 0.1) is 0 Å². The van der Waals surface area contributed by atoms with Crippen LogP contribution in [-0.2, 0) is 13.1 Å². The second kappa shape index (κ2) is 9.67. The number of rotatable bonds is 5.